The molecule has 106 valence electrons. The van der Waals surface area contributed by atoms with Crippen LogP contribution in [0.4, 0.5) is 4.39 Å². The first-order valence-electron chi connectivity index (χ1n) is 6.49. The van der Waals surface area contributed by atoms with Gasteiger partial charge in [-0.2, -0.15) is 5.10 Å². The maximum atomic E-state index is 14.1. The highest BCUT2D eigenvalue weighted by molar-refractivity contribution is 6.30. The van der Waals surface area contributed by atoms with Crippen molar-refractivity contribution >= 4 is 11.6 Å². The summed E-state index contributed by atoms with van der Waals surface area (Å²) in [5, 5.41) is 5.02. The molecule has 0 amide bonds. The molecule has 0 aliphatic carbocycles. The number of nitrogens with two attached hydrogens (primary N) is 1. The molecule has 1 aromatic heterocycles. The molecule has 2 aromatic carbocycles. The first kappa shape index (κ1) is 13.8. The smallest absolute Gasteiger partial charge is 0.132 e. The average Bonchev–Trinajstić information content (AvgIpc) is 2.92. The molecule has 0 aliphatic heterocycles. The Kier molecular flexibility index (Phi) is 3.73. The average molecular weight is 302 g/mol. The summed E-state index contributed by atoms with van der Waals surface area (Å²) in [5.74, 6) is -0.302. The lowest BCUT2D eigenvalue weighted by Crippen LogP contribution is -2.02. The topological polar surface area (TPSA) is 43.8 Å². The van der Waals surface area contributed by atoms with Gasteiger partial charge < -0.3 is 5.73 Å². The monoisotopic (exact) mass is 301 g/mol. The van der Waals surface area contributed by atoms with E-state index in [2.05, 4.69) is 5.10 Å². The highest BCUT2D eigenvalue weighted by Gasteiger charge is 2.14. The van der Waals surface area contributed by atoms with E-state index in [1.807, 2.05) is 12.1 Å². The molecule has 1 heterocycles. The molecule has 5 heteroatoms. The Morgan fingerprint density at radius 3 is 2.62 bits per heavy atom. The van der Waals surface area contributed by atoms with Gasteiger partial charge in [0.05, 0.1) is 17.1 Å². The third kappa shape index (κ3) is 2.68. The Bertz CT molecular complexity index is 783. The van der Waals surface area contributed by atoms with Gasteiger partial charge in [0.15, 0.2) is 0 Å². The third-order valence-corrected chi connectivity index (χ3v) is 3.41. The first-order valence-corrected chi connectivity index (χ1v) is 6.86. The minimum atomic E-state index is -0.302. The SMILES string of the molecule is NCc1cc(-c2ccccc2F)n(-c2cccc(Cl)c2)n1. The summed E-state index contributed by atoms with van der Waals surface area (Å²) in [6.07, 6.45) is 0. The van der Waals surface area contributed by atoms with Crippen LogP contribution in [0.5, 0.6) is 0 Å². The highest BCUT2D eigenvalue weighted by Crippen LogP contribution is 2.27. The van der Waals surface area contributed by atoms with Gasteiger partial charge in [-0.25, -0.2) is 9.07 Å². The maximum Gasteiger partial charge on any atom is 0.132 e. The van der Waals surface area contributed by atoms with Crippen LogP contribution in [0.2, 0.25) is 5.02 Å². The molecule has 0 fully saturated rings. The van der Waals surface area contributed by atoms with E-state index >= 15 is 0 Å². The van der Waals surface area contributed by atoms with Crippen molar-refractivity contribution in [2.75, 3.05) is 0 Å². The summed E-state index contributed by atoms with van der Waals surface area (Å²) in [7, 11) is 0. The van der Waals surface area contributed by atoms with E-state index in [4.69, 9.17) is 17.3 Å². The zero-order chi connectivity index (χ0) is 14.8. The van der Waals surface area contributed by atoms with Crippen molar-refractivity contribution in [3.8, 4) is 16.9 Å². The van der Waals surface area contributed by atoms with Gasteiger partial charge in [-0.3, -0.25) is 0 Å². The summed E-state index contributed by atoms with van der Waals surface area (Å²) < 4.78 is 15.7. The second kappa shape index (κ2) is 5.68. The number of aromatic nitrogens is 2. The van der Waals surface area contributed by atoms with Crippen LogP contribution in [-0.4, -0.2) is 9.78 Å². The molecule has 0 spiro atoms. The van der Waals surface area contributed by atoms with Crippen molar-refractivity contribution in [2.24, 2.45) is 5.73 Å². The second-order valence-corrected chi connectivity index (χ2v) is 5.03. The van der Waals surface area contributed by atoms with Crippen LogP contribution in [0.25, 0.3) is 16.9 Å². The summed E-state index contributed by atoms with van der Waals surface area (Å²) in [4.78, 5) is 0. The molecule has 21 heavy (non-hydrogen) atoms. The standard InChI is InChI=1S/C16H13ClFN3/c17-11-4-3-5-13(8-11)21-16(9-12(10-19)20-21)14-6-1-2-7-15(14)18/h1-9H,10,19H2. The lowest BCUT2D eigenvalue weighted by molar-refractivity contribution is 0.629. The Hall–Kier alpha value is -2.17. The molecule has 2 N–H and O–H groups in total. The summed E-state index contributed by atoms with van der Waals surface area (Å²) in [5.41, 5.74) is 8.24. The van der Waals surface area contributed by atoms with Gasteiger partial charge in [0, 0.05) is 17.1 Å². The molecular formula is C16H13ClFN3. The van der Waals surface area contributed by atoms with Crippen molar-refractivity contribution in [3.63, 3.8) is 0 Å². The Balaban J connectivity index is 2.21. The predicted molar refractivity (Wildman–Crippen MR) is 81.9 cm³/mol. The summed E-state index contributed by atoms with van der Waals surface area (Å²) in [6, 6.07) is 15.6. The van der Waals surface area contributed by atoms with Gasteiger partial charge in [0.1, 0.15) is 5.82 Å². The Morgan fingerprint density at radius 2 is 1.90 bits per heavy atom. The fourth-order valence-electron chi connectivity index (χ4n) is 2.20. The van der Waals surface area contributed by atoms with Gasteiger partial charge in [0.2, 0.25) is 0 Å². The first-order chi connectivity index (χ1) is 10.2. The molecule has 0 saturated heterocycles. The fourth-order valence-corrected chi connectivity index (χ4v) is 2.38. The van der Waals surface area contributed by atoms with Crippen LogP contribution < -0.4 is 5.73 Å². The maximum absolute atomic E-state index is 14.1. The second-order valence-electron chi connectivity index (χ2n) is 4.60. The number of hydrogen-bond acceptors (Lipinski definition) is 2. The molecular weight excluding hydrogens is 289 g/mol. The van der Waals surface area contributed by atoms with E-state index in [9.17, 15) is 4.39 Å². The molecule has 0 saturated carbocycles. The highest BCUT2D eigenvalue weighted by atomic mass is 35.5. The van der Waals surface area contributed by atoms with Crippen molar-refractivity contribution in [1.29, 1.82) is 0 Å². The van der Waals surface area contributed by atoms with Crippen LogP contribution in [0.3, 0.4) is 0 Å². The molecule has 3 nitrogen and oxygen atoms in total. The van der Waals surface area contributed by atoms with Crippen molar-refractivity contribution < 1.29 is 4.39 Å². The molecule has 0 unspecified atom stereocenters. The van der Waals surface area contributed by atoms with E-state index in [0.29, 0.717) is 22.0 Å². The lowest BCUT2D eigenvalue weighted by atomic mass is 10.1. The Labute approximate surface area is 126 Å². The number of halogens is 2. The molecule has 0 radical (unpaired) electrons. The Morgan fingerprint density at radius 1 is 1.10 bits per heavy atom. The van der Waals surface area contributed by atoms with Gasteiger partial charge >= 0.3 is 0 Å². The molecule has 3 aromatic rings. The van der Waals surface area contributed by atoms with Crippen LogP contribution >= 0.6 is 11.6 Å². The number of rotatable bonds is 3. The van der Waals surface area contributed by atoms with Gasteiger partial charge in [-0.1, -0.05) is 29.8 Å². The van der Waals surface area contributed by atoms with E-state index in [1.165, 1.54) is 6.07 Å². The van der Waals surface area contributed by atoms with Crippen molar-refractivity contribution in [2.45, 2.75) is 6.54 Å². The lowest BCUT2D eigenvalue weighted by Gasteiger charge is -2.08. The van der Waals surface area contributed by atoms with E-state index in [1.54, 1.807) is 41.1 Å². The molecule has 3 rings (SSSR count). The third-order valence-electron chi connectivity index (χ3n) is 3.17. The van der Waals surface area contributed by atoms with E-state index < -0.39 is 0 Å². The van der Waals surface area contributed by atoms with Crippen LogP contribution in [0.15, 0.2) is 54.6 Å². The number of nitrogens with zero attached hydrogens (tertiary/aromatic N) is 2. The zero-order valence-electron chi connectivity index (χ0n) is 11.1. The van der Waals surface area contributed by atoms with Crippen LogP contribution in [-0.2, 0) is 6.54 Å². The van der Waals surface area contributed by atoms with E-state index in [0.717, 1.165) is 5.69 Å². The fraction of sp³-hybridized carbons (Fsp3) is 0.0625. The molecule has 0 bridgehead atoms. The summed E-state index contributed by atoms with van der Waals surface area (Å²) >= 11 is 6.03. The van der Waals surface area contributed by atoms with Crippen molar-refractivity contribution in [3.05, 3.63) is 71.1 Å². The molecule has 0 atom stereocenters. The predicted octanol–water partition coefficient (Wildman–Crippen LogP) is 3.79. The minimum absolute atomic E-state index is 0.287. The van der Waals surface area contributed by atoms with E-state index in [-0.39, 0.29) is 12.4 Å². The minimum Gasteiger partial charge on any atom is -0.325 e. The van der Waals surface area contributed by atoms with Gasteiger partial charge in [0.25, 0.3) is 0 Å². The van der Waals surface area contributed by atoms with Gasteiger partial charge in [-0.15, -0.1) is 0 Å². The zero-order valence-corrected chi connectivity index (χ0v) is 11.9. The van der Waals surface area contributed by atoms with Gasteiger partial charge in [-0.05, 0) is 36.4 Å². The number of benzene rings is 2. The normalized spacial score (nSPS) is 10.8. The summed E-state index contributed by atoms with van der Waals surface area (Å²) in [6.45, 7) is 0.287. The quantitative estimate of drug-likeness (QED) is 0.800. The van der Waals surface area contributed by atoms with Crippen LogP contribution in [0, 0.1) is 5.82 Å². The van der Waals surface area contributed by atoms with Crippen LogP contribution in [0.1, 0.15) is 5.69 Å². The molecule has 0 aliphatic rings. The van der Waals surface area contributed by atoms with Crippen molar-refractivity contribution in [1.82, 2.24) is 9.78 Å². The largest absolute Gasteiger partial charge is 0.325 e. The number of hydrogen-bond donors (Lipinski definition) is 1.